The second kappa shape index (κ2) is 3.64. The summed E-state index contributed by atoms with van der Waals surface area (Å²) in [4.78, 5) is 3.77. The average Bonchev–Trinajstić information content (AvgIpc) is 2.68. The van der Waals surface area contributed by atoms with Crippen LogP contribution in [0.25, 0.3) is 11.4 Å². The molecule has 1 aromatic carbocycles. The zero-order chi connectivity index (χ0) is 10.8. The molecule has 0 spiro atoms. The van der Waals surface area contributed by atoms with E-state index in [0.29, 0.717) is 15.9 Å². The van der Waals surface area contributed by atoms with E-state index in [-0.39, 0.29) is 5.82 Å². The van der Waals surface area contributed by atoms with Crippen LogP contribution in [0.3, 0.4) is 0 Å². The molecule has 78 valence electrons. The van der Waals surface area contributed by atoms with Crippen LogP contribution in [0.15, 0.2) is 30.6 Å². The van der Waals surface area contributed by atoms with E-state index in [1.54, 1.807) is 24.3 Å². The first-order valence-corrected chi connectivity index (χ1v) is 4.22. The largest absolute Gasteiger partial charge is 0.399 e. The highest BCUT2D eigenvalue weighted by Gasteiger charge is 2.09. The fraction of sp³-hybridized carbons (Fsp3) is 0.111. The fourth-order valence-electron chi connectivity index (χ4n) is 1.13. The van der Waals surface area contributed by atoms with Gasteiger partial charge in [-0.3, -0.25) is 0 Å². The predicted molar refractivity (Wildman–Crippen MR) is 51.1 cm³/mol. The van der Waals surface area contributed by atoms with Gasteiger partial charge in [-0.25, -0.2) is 4.98 Å². The van der Waals surface area contributed by atoms with E-state index < -0.39 is 6.55 Å². The summed E-state index contributed by atoms with van der Waals surface area (Å²) in [6.07, 6.45) is 0.996. The lowest BCUT2D eigenvalue weighted by molar-refractivity contribution is 0.0564. The highest BCUT2D eigenvalue weighted by Crippen LogP contribution is 2.17. The number of halogens is 2. The minimum Gasteiger partial charge on any atom is -0.399 e. The minimum atomic E-state index is -2.67. The third-order valence-corrected chi connectivity index (χ3v) is 1.88. The number of anilines is 1. The molecule has 0 saturated heterocycles. The van der Waals surface area contributed by atoms with E-state index in [1.165, 1.54) is 0 Å². The van der Waals surface area contributed by atoms with Gasteiger partial charge in [0.25, 0.3) is 0 Å². The molecule has 15 heavy (non-hydrogen) atoms. The molecule has 0 fully saturated rings. The van der Waals surface area contributed by atoms with Crippen LogP contribution < -0.4 is 5.73 Å². The Morgan fingerprint density at radius 1 is 1.20 bits per heavy atom. The predicted octanol–water partition coefficient (Wildman–Crippen LogP) is 1.92. The molecule has 0 aliphatic rings. The summed E-state index contributed by atoms with van der Waals surface area (Å²) in [6.45, 7) is -2.67. The van der Waals surface area contributed by atoms with Gasteiger partial charge in [0.05, 0.1) is 0 Å². The maximum absolute atomic E-state index is 12.2. The van der Waals surface area contributed by atoms with E-state index in [2.05, 4.69) is 10.1 Å². The molecule has 2 rings (SSSR count). The van der Waals surface area contributed by atoms with Crippen molar-refractivity contribution in [2.24, 2.45) is 0 Å². The smallest absolute Gasteiger partial charge is 0.334 e. The molecule has 0 bridgehead atoms. The van der Waals surface area contributed by atoms with E-state index in [4.69, 9.17) is 5.73 Å². The van der Waals surface area contributed by atoms with Crippen molar-refractivity contribution in [2.45, 2.75) is 6.55 Å². The zero-order valence-electron chi connectivity index (χ0n) is 7.64. The Bertz CT molecular complexity index is 449. The van der Waals surface area contributed by atoms with Gasteiger partial charge in [0.2, 0.25) is 0 Å². The van der Waals surface area contributed by atoms with Crippen molar-refractivity contribution in [1.29, 1.82) is 0 Å². The summed E-state index contributed by atoms with van der Waals surface area (Å²) in [7, 11) is 0. The first-order valence-electron chi connectivity index (χ1n) is 4.22. The third-order valence-electron chi connectivity index (χ3n) is 1.88. The van der Waals surface area contributed by atoms with Crippen molar-refractivity contribution < 1.29 is 8.78 Å². The van der Waals surface area contributed by atoms with Gasteiger partial charge in [0.15, 0.2) is 5.82 Å². The standard InChI is InChI=1S/C9H8F2N4/c10-9(11)15-5-13-8(14-15)6-1-3-7(12)4-2-6/h1-5,9H,12H2. The van der Waals surface area contributed by atoms with E-state index in [1.807, 2.05) is 0 Å². The molecule has 0 aliphatic carbocycles. The van der Waals surface area contributed by atoms with Gasteiger partial charge < -0.3 is 5.73 Å². The molecule has 0 aliphatic heterocycles. The quantitative estimate of drug-likeness (QED) is 0.770. The Morgan fingerprint density at radius 2 is 1.87 bits per heavy atom. The van der Waals surface area contributed by atoms with Crippen LogP contribution >= 0.6 is 0 Å². The number of nitrogens with zero attached hydrogens (tertiary/aromatic N) is 3. The monoisotopic (exact) mass is 210 g/mol. The number of aromatic nitrogens is 3. The maximum atomic E-state index is 12.2. The van der Waals surface area contributed by atoms with Gasteiger partial charge in [-0.2, -0.15) is 13.5 Å². The SMILES string of the molecule is Nc1ccc(-c2ncn(C(F)F)n2)cc1. The molecule has 0 saturated carbocycles. The van der Waals surface area contributed by atoms with Crippen molar-refractivity contribution in [2.75, 3.05) is 5.73 Å². The molecule has 0 amide bonds. The van der Waals surface area contributed by atoms with Crippen LogP contribution in [0, 0.1) is 0 Å². The molecule has 2 N–H and O–H groups in total. The Balaban J connectivity index is 2.33. The van der Waals surface area contributed by atoms with Gasteiger partial charge in [0.1, 0.15) is 6.33 Å². The van der Waals surface area contributed by atoms with Crippen molar-refractivity contribution >= 4 is 5.69 Å². The second-order valence-electron chi connectivity index (χ2n) is 2.95. The normalized spacial score (nSPS) is 10.9. The van der Waals surface area contributed by atoms with Crippen LogP contribution in [0.5, 0.6) is 0 Å². The summed E-state index contributed by atoms with van der Waals surface area (Å²) < 4.78 is 24.9. The lowest BCUT2D eigenvalue weighted by atomic mass is 10.2. The topological polar surface area (TPSA) is 56.7 Å². The molecular formula is C9H8F2N4. The van der Waals surface area contributed by atoms with Gasteiger partial charge in [-0.15, -0.1) is 5.10 Å². The number of rotatable bonds is 2. The van der Waals surface area contributed by atoms with E-state index in [9.17, 15) is 8.78 Å². The van der Waals surface area contributed by atoms with Crippen molar-refractivity contribution in [3.63, 3.8) is 0 Å². The molecule has 2 aromatic rings. The van der Waals surface area contributed by atoms with Gasteiger partial charge >= 0.3 is 6.55 Å². The van der Waals surface area contributed by atoms with Gasteiger partial charge in [0, 0.05) is 11.3 Å². The number of nitrogens with two attached hydrogens (primary N) is 1. The average molecular weight is 210 g/mol. The highest BCUT2D eigenvalue weighted by atomic mass is 19.3. The van der Waals surface area contributed by atoms with E-state index >= 15 is 0 Å². The van der Waals surface area contributed by atoms with Crippen LogP contribution in [0.2, 0.25) is 0 Å². The van der Waals surface area contributed by atoms with Gasteiger partial charge in [-0.1, -0.05) is 0 Å². The van der Waals surface area contributed by atoms with Gasteiger partial charge in [-0.05, 0) is 24.3 Å². The van der Waals surface area contributed by atoms with Crippen LogP contribution in [-0.2, 0) is 0 Å². The summed E-state index contributed by atoms with van der Waals surface area (Å²) in [5.41, 5.74) is 6.75. The van der Waals surface area contributed by atoms with Crippen LogP contribution in [0.1, 0.15) is 6.55 Å². The summed E-state index contributed by atoms with van der Waals surface area (Å²) in [6, 6.07) is 6.69. The molecule has 1 heterocycles. The molecule has 0 unspecified atom stereocenters. The number of nitrogen functional groups attached to an aromatic ring is 1. The zero-order valence-corrected chi connectivity index (χ0v) is 7.64. The Labute approximate surface area is 84.4 Å². The minimum absolute atomic E-state index is 0.260. The lowest BCUT2D eigenvalue weighted by Crippen LogP contribution is -1.98. The highest BCUT2D eigenvalue weighted by molar-refractivity contribution is 5.57. The molecule has 0 radical (unpaired) electrons. The number of hydrogen-bond donors (Lipinski definition) is 1. The first-order chi connectivity index (χ1) is 7.16. The fourth-order valence-corrected chi connectivity index (χ4v) is 1.13. The molecule has 0 atom stereocenters. The molecular weight excluding hydrogens is 202 g/mol. The number of benzene rings is 1. The Morgan fingerprint density at radius 3 is 2.40 bits per heavy atom. The third kappa shape index (κ3) is 1.93. The lowest BCUT2D eigenvalue weighted by Gasteiger charge is -1.97. The van der Waals surface area contributed by atoms with Crippen molar-refractivity contribution in [1.82, 2.24) is 14.8 Å². The maximum Gasteiger partial charge on any atom is 0.334 e. The first kappa shape index (κ1) is 9.57. The molecule has 4 nitrogen and oxygen atoms in total. The van der Waals surface area contributed by atoms with Crippen molar-refractivity contribution in [3.05, 3.63) is 30.6 Å². The van der Waals surface area contributed by atoms with Crippen LogP contribution in [-0.4, -0.2) is 14.8 Å². The van der Waals surface area contributed by atoms with Crippen LogP contribution in [0.4, 0.5) is 14.5 Å². The second-order valence-corrected chi connectivity index (χ2v) is 2.95. The number of hydrogen-bond acceptors (Lipinski definition) is 3. The number of alkyl halides is 2. The van der Waals surface area contributed by atoms with Crippen molar-refractivity contribution in [3.8, 4) is 11.4 Å². The summed E-state index contributed by atoms with van der Waals surface area (Å²) >= 11 is 0. The Kier molecular flexibility index (Phi) is 2.32. The summed E-state index contributed by atoms with van der Waals surface area (Å²) in [5.74, 6) is 0.260. The molecule has 1 aromatic heterocycles. The van der Waals surface area contributed by atoms with E-state index in [0.717, 1.165) is 6.33 Å². The molecule has 6 heteroatoms. The Hall–Kier alpha value is -1.98. The summed E-state index contributed by atoms with van der Waals surface area (Å²) in [5, 5.41) is 3.62.